The SMILES string of the molecule is CC(C(=O)C(C#N)c1ccc(OC(F)F)cc1)C1CC1. The van der Waals surface area contributed by atoms with Crippen LogP contribution in [0, 0.1) is 23.2 Å². The Kier molecular flexibility index (Phi) is 4.33. The van der Waals surface area contributed by atoms with Crippen molar-refractivity contribution in [2.45, 2.75) is 32.3 Å². The number of carbonyl (C=O) groups excluding carboxylic acids is 1. The number of ketones is 1. The van der Waals surface area contributed by atoms with E-state index < -0.39 is 12.5 Å². The third-order valence-corrected chi connectivity index (χ3v) is 3.63. The second kappa shape index (κ2) is 6.00. The van der Waals surface area contributed by atoms with Gasteiger partial charge in [-0.2, -0.15) is 14.0 Å². The van der Waals surface area contributed by atoms with Gasteiger partial charge in [-0.3, -0.25) is 4.79 Å². The number of benzene rings is 1. The lowest BCUT2D eigenvalue weighted by Gasteiger charge is -2.14. The number of halogens is 2. The second-order valence-electron chi connectivity index (χ2n) is 5.04. The van der Waals surface area contributed by atoms with E-state index in [0.717, 1.165) is 12.8 Å². The number of Topliss-reactive ketones (excluding diaryl/α,β-unsaturated/α-hetero) is 1. The Balaban J connectivity index is 2.11. The van der Waals surface area contributed by atoms with Crippen LogP contribution in [0.5, 0.6) is 5.75 Å². The summed E-state index contributed by atoms with van der Waals surface area (Å²) in [7, 11) is 0. The van der Waals surface area contributed by atoms with E-state index in [1.54, 1.807) is 0 Å². The molecule has 1 aliphatic rings. The van der Waals surface area contributed by atoms with Crippen LogP contribution in [0.15, 0.2) is 24.3 Å². The number of ether oxygens (including phenoxy) is 1. The van der Waals surface area contributed by atoms with Crippen LogP contribution in [0.1, 0.15) is 31.2 Å². The van der Waals surface area contributed by atoms with Crippen molar-refractivity contribution < 1.29 is 18.3 Å². The first-order valence-electron chi connectivity index (χ1n) is 6.51. The molecule has 0 bridgehead atoms. The molecule has 0 spiro atoms. The zero-order valence-electron chi connectivity index (χ0n) is 11.1. The molecule has 0 aliphatic heterocycles. The van der Waals surface area contributed by atoms with Crippen LogP contribution in [0.4, 0.5) is 8.78 Å². The van der Waals surface area contributed by atoms with Crippen molar-refractivity contribution >= 4 is 5.78 Å². The minimum absolute atomic E-state index is 0.0168. The van der Waals surface area contributed by atoms with Crippen molar-refractivity contribution in [1.82, 2.24) is 0 Å². The molecule has 1 aromatic rings. The van der Waals surface area contributed by atoms with Gasteiger partial charge < -0.3 is 4.74 Å². The van der Waals surface area contributed by atoms with Gasteiger partial charge in [0.15, 0.2) is 5.78 Å². The second-order valence-corrected chi connectivity index (χ2v) is 5.04. The van der Waals surface area contributed by atoms with E-state index in [1.165, 1.54) is 24.3 Å². The monoisotopic (exact) mass is 279 g/mol. The van der Waals surface area contributed by atoms with Gasteiger partial charge in [-0.05, 0) is 36.5 Å². The lowest BCUT2D eigenvalue weighted by molar-refractivity contribution is -0.123. The van der Waals surface area contributed by atoms with Gasteiger partial charge in [0.2, 0.25) is 0 Å². The summed E-state index contributed by atoms with van der Waals surface area (Å²) in [6.45, 7) is -1.04. The van der Waals surface area contributed by atoms with Crippen LogP contribution in [0.25, 0.3) is 0 Å². The Bertz CT molecular complexity index is 518. The molecule has 0 aromatic heterocycles. The fourth-order valence-corrected chi connectivity index (χ4v) is 2.24. The van der Waals surface area contributed by atoms with Crippen molar-refractivity contribution in [1.29, 1.82) is 5.26 Å². The molecule has 0 amide bonds. The molecule has 2 rings (SSSR count). The van der Waals surface area contributed by atoms with E-state index >= 15 is 0 Å². The first kappa shape index (κ1) is 14.4. The lowest BCUT2D eigenvalue weighted by atomic mass is 9.87. The van der Waals surface area contributed by atoms with Gasteiger partial charge in [0.05, 0.1) is 6.07 Å². The first-order valence-corrected chi connectivity index (χ1v) is 6.51. The Labute approximate surface area is 116 Å². The van der Waals surface area contributed by atoms with Crippen LogP contribution < -0.4 is 4.74 Å². The first-order chi connectivity index (χ1) is 9.52. The van der Waals surface area contributed by atoms with Crippen molar-refractivity contribution in [2.24, 2.45) is 11.8 Å². The topological polar surface area (TPSA) is 50.1 Å². The summed E-state index contributed by atoms with van der Waals surface area (Å²) in [6, 6.07) is 7.68. The number of hydrogen-bond donors (Lipinski definition) is 0. The number of nitriles is 1. The highest BCUT2D eigenvalue weighted by Gasteiger charge is 2.36. The highest BCUT2D eigenvalue weighted by atomic mass is 19.3. The van der Waals surface area contributed by atoms with Crippen molar-refractivity contribution in [3.05, 3.63) is 29.8 Å². The third kappa shape index (κ3) is 3.32. The predicted molar refractivity (Wildman–Crippen MR) is 68.3 cm³/mol. The van der Waals surface area contributed by atoms with Gasteiger partial charge in [0.1, 0.15) is 11.7 Å². The number of rotatable bonds is 6. The van der Waals surface area contributed by atoms with Gasteiger partial charge >= 0.3 is 6.61 Å². The lowest BCUT2D eigenvalue weighted by Crippen LogP contribution is -2.20. The maximum atomic E-state index is 12.2. The van der Waals surface area contributed by atoms with Crippen molar-refractivity contribution in [3.8, 4) is 11.8 Å². The molecular formula is C15H15F2NO2. The van der Waals surface area contributed by atoms with E-state index in [9.17, 15) is 18.8 Å². The maximum absolute atomic E-state index is 12.2. The molecule has 0 heterocycles. The van der Waals surface area contributed by atoms with Gasteiger partial charge in [-0.25, -0.2) is 0 Å². The zero-order valence-corrected chi connectivity index (χ0v) is 11.1. The summed E-state index contributed by atoms with van der Waals surface area (Å²) in [5, 5.41) is 9.19. The van der Waals surface area contributed by atoms with E-state index in [4.69, 9.17) is 0 Å². The third-order valence-electron chi connectivity index (χ3n) is 3.63. The Hall–Kier alpha value is -1.96. The molecule has 5 heteroatoms. The average molecular weight is 279 g/mol. The molecule has 20 heavy (non-hydrogen) atoms. The van der Waals surface area contributed by atoms with Crippen LogP contribution >= 0.6 is 0 Å². The van der Waals surface area contributed by atoms with E-state index in [1.807, 2.05) is 13.0 Å². The highest BCUT2D eigenvalue weighted by molar-refractivity contribution is 5.90. The summed E-state index contributed by atoms with van der Waals surface area (Å²) >= 11 is 0. The highest BCUT2D eigenvalue weighted by Crippen LogP contribution is 2.39. The molecule has 1 aliphatic carbocycles. The predicted octanol–water partition coefficient (Wildman–Crippen LogP) is 3.51. The molecule has 1 saturated carbocycles. The van der Waals surface area contributed by atoms with Gasteiger partial charge in [0, 0.05) is 5.92 Å². The molecule has 3 nitrogen and oxygen atoms in total. The average Bonchev–Trinajstić information content (AvgIpc) is 3.24. The van der Waals surface area contributed by atoms with Crippen LogP contribution in [-0.4, -0.2) is 12.4 Å². The zero-order chi connectivity index (χ0) is 14.7. The molecular weight excluding hydrogens is 264 g/mol. The summed E-state index contributed by atoms with van der Waals surface area (Å²) in [5.74, 6) is -0.664. The van der Waals surface area contributed by atoms with Crippen molar-refractivity contribution in [3.63, 3.8) is 0 Å². The number of alkyl halides is 2. The minimum Gasteiger partial charge on any atom is -0.435 e. The minimum atomic E-state index is -2.89. The van der Waals surface area contributed by atoms with E-state index in [2.05, 4.69) is 4.74 Å². The summed E-state index contributed by atoms with van der Waals surface area (Å²) in [4.78, 5) is 12.2. The van der Waals surface area contributed by atoms with Crippen LogP contribution in [0.3, 0.4) is 0 Å². The molecule has 106 valence electrons. The number of hydrogen-bond acceptors (Lipinski definition) is 3. The molecule has 2 atom stereocenters. The van der Waals surface area contributed by atoms with Gasteiger partial charge in [-0.15, -0.1) is 0 Å². The molecule has 1 fully saturated rings. The van der Waals surface area contributed by atoms with Gasteiger partial charge in [0.25, 0.3) is 0 Å². The molecule has 2 unspecified atom stereocenters. The standard InChI is InChI=1S/C15H15F2NO2/c1-9(10-2-3-10)14(19)13(8-18)11-4-6-12(7-5-11)20-15(16)17/h4-7,9-10,13,15H,2-3H2,1H3. The molecule has 0 saturated heterocycles. The molecule has 0 radical (unpaired) electrons. The van der Waals surface area contributed by atoms with Crippen molar-refractivity contribution in [2.75, 3.05) is 0 Å². The fourth-order valence-electron chi connectivity index (χ4n) is 2.24. The fraction of sp³-hybridized carbons (Fsp3) is 0.467. The Morgan fingerprint density at radius 3 is 2.40 bits per heavy atom. The van der Waals surface area contributed by atoms with E-state index in [0.29, 0.717) is 11.5 Å². The normalized spacial score (nSPS) is 17.4. The summed E-state index contributed by atoms with van der Waals surface area (Å²) in [5.41, 5.74) is 0.520. The Morgan fingerprint density at radius 2 is 1.95 bits per heavy atom. The number of nitrogens with zero attached hydrogens (tertiary/aromatic N) is 1. The smallest absolute Gasteiger partial charge is 0.387 e. The largest absolute Gasteiger partial charge is 0.435 e. The quantitative estimate of drug-likeness (QED) is 0.800. The summed E-state index contributed by atoms with van der Waals surface area (Å²) in [6.07, 6.45) is 2.07. The molecule has 0 N–H and O–H groups in total. The number of carbonyl (C=O) groups is 1. The van der Waals surface area contributed by atoms with Crippen LogP contribution in [-0.2, 0) is 4.79 Å². The van der Waals surface area contributed by atoms with Gasteiger partial charge in [-0.1, -0.05) is 19.1 Å². The van der Waals surface area contributed by atoms with E-state index in [-0.39, 0.29) is 17.5 Å². The van der Waals surface area contributed by atoms with Crippen LogP contribution in [0.2, 0.25) is 0 Å². The summed E-state index contributed by atoms with van der Waals surface area (Å²) < 4.78 is 28.3. The Morgan fingerprint density at radius 1 is 1.35 bits per heavy atom. The molecule has 1 aromatic carbocycles. The maximum Gasteiger partial charge on any atom is 0.387 e.